The van der Waals surface area contributed by atoms with Crippen molar-refractivity contribution in [3.8, 4) is 0 Å². The van der Waals surface area contributed by atoms with Crippen LogP contribution >= 0.6 is 0 Å². The number of nitrogens with one attached hydrogen (secondary N) is 2. The van der Waals surface area contributed by atoms with Crippen LogP contribution in [0.25, 0.3) is 0 Å². The van der Waals surface area contributed by atoms with E-state index in [0.29, 0.717) is 25.7 Å². The molecule has 4 N–H and O–H groups in total. The van der Waals surface area contributed by atoms with E-state index in [0.717, 1.165) is 13.1 Å². The van der Waals surface area contributed by atoms with Crippen molar-refractivity contribution in [3.05, 3.63) is 0 Å². The number of ether oxygens (including phenoxy) is 1. The van der Waals surface area contributed by atoms with Crippen LogP contribution in [0.1, 0.15) is 13.8 Å². The predicted octanol–water partition coefficient (Wildman–Crippen LogP) is -1.53. The fourth-order valence-corrected chi connectivity index (χ4v) is 2.66. The molecule has 0 atom stereocenters. The van der Waals surface area contributed by atoms with E-state index < -0.39 is 10.2 Å². The number of guanidine groups is 1. The van der Waals surface area contributed by atoms with Gasteiger partial charge in [-0.1, -0.05) is 0 Å². The van der Waals surface area contributed by atoms with Gasteiger partial charge in [0, 0.05) is 25.7 Å². The number of aliphatic imine (C=N–C) groups is 1. The van der Waals surface area contributed by atoms with Crippen LogP contribution < -0.4 is 15.2 Å². The van der Waals surface area contributed by atoms with Crippen molar-refractivity contribution < 1.29 is 13.2 Å². The van der Waals surface area contributed by atoms with E-state index in [2.05, 4.69) is 14.4 Å². The third-order valence-electron chi connectivity index (χ3n) is 2.40. The Kier molecular flexibility index (Phi) is 6.49. The molecule has 19 heavy (non-hydrogen) atoms. The molecule has 1 fully saturated rings. The van der Waals surface area contributed by atoms with Crippen LogP contribution in [-0.4, -0.2) is 64.7 Å². The van der Waals surface area contributed by atoms with Gasteiger partial charge in [-0.15, -0.1) is 0 Å². The van der Waals surface area contributed by atoms with Gasteiger partial charge in [-0.2, -0.15) is 13.1 Å². The highest BCUT2D eigenvalue weighted by Gasteiger charge is 2.12. The molecular formula is C10H23N5O3S. The van der Waals surface area contributed by atoms with Crippen LogP contribution in [0.4, 0.5) is 0 Å². The van der Waals surface area contributed by atoms with Crippen molar-refractivity contribution in [3.63, 3.8) is 0 Å². The van der Waals surface area contributed by atoms with Crippen molar-refractivity contribution >= 4 is 16.2 Å². The molecule has 112 valence electrons. The van der Waals surface area contributed by atoms with Crippen molar-refractivity contribution in [1.29, 1.82) is 0 Å². The average molecular weight is 293 g/mol. The highest BCUT2D eigenvalue weighted by molar-refractivity contribution is 7.87. The summed E-state index contributed by atoms with van der Waals surface area (Å²) >= 11 is 0. The van der Waals surface area contributed by atoms with Gasteiger partial charge in [0.15, 0.2) is 5.96 Å². The second-order valence-electron chi connectivity index (χ2n) is 4.51. The second-order valence-corrected chi connectivity index (χ2v) is 6.04. The minimum absolute atomic E-state index is 0.139. The average Bonchev–Trinajstić information content (AvgIpc) is 2.34. The Balaban J connectivity index is 2.29. The minimum Gasteiger partial charge on any atom is -0.378 e. The molecule has 0 aromatic carbocycles. The molecule has 1 heterocycles. The summed E-state index contributed by atoms with van der Waals surface area (Å²) in [5.41, 5.74) is 5.81. The Morgan fingerprint density at radius 3 is 2.63 bits per heavy atom. The summed E-state index contributed by atoms with van der Waals surface area (Å²) in [5.74, 6) is 0.430. The molecule has 0 unspecified atom stereocenters. The molecule has 9 heteroatoms. The maximum Gasteiger partial charge on any atom is 0.277 e. The smallest absolute Gasteiger partial charge is 0.277 e. The van der Waals surface area contributed by atoms with Gasteiger partial charge >= 0.3 is 0 Å². The number of hydrogen-bond acceptors (Lipinski definition) is 4. The van der Waals surface area contributed by atoms with E-state index in [-0.39, 0.29) is 12.6 Å². The first-order chi connectivity index (χ1) is 8.91. The molecule has 0 spiro atoms. The molecule has 0 aromatic heterocycles. The van der Waals surface area contributed by atoms with E-state index in [9.17, 15) is 8.42 Å². The van der Waals surface area contributed by atoms with E-state index in [1.54, 1.807) is 13.8 Å². The van der Waals surface area contributed by atoms with Gasteiger partial charge in [0.05, 0.1) is 19.8 Å². The molecule has 0 saturated carbocycles. The Morgan fingerprint density at radius 1 is 1.42 bits per heavy atom. The lowest BCUT2D eigenvalue weighted by molar-refractivity contribution is 0.0674. The Hall–Kier alpha value is -0.900. The van der Waals surface area contributed by atoms with E-state index in [1.807, 2.05) is 4.90 Å². The van der Waals surface area contributed by atoms with E-state index >= 15 is 0 Å². The van der Waals surface area contributed by atoms with Crippen LogP contribution in [-0.2, 0) is 14.9 Å². The van der Waals surface area contributed by atoms with Crippen molar-refractivity contribution in [2.75, 3.05) is 39.4 Å². The molecular weight excluding hydrogens is 270 g/mol. The zero-order chi connectivity index (χ0) is 14.3. The number of hydrogen-bond donors (Lipinski definition) is 3. The largest absolute Gasteiger partial charge is 0.378 e. The summed E-state index contributed by atoms with van der Waals surface area (Å²) in [7, 11) is -3.45. The van der Waals surface area contributed by atoms with Crippen LogP contribution in [0.5, 0.6) is 0 Å². The second kappa shape index (κ2) is 7.63. The fraction of sp³-hybridized carbons (Fsp3) is 0.900. The zero-order valence-electron chi connectivity index (χ0n) is 11.4. The summed E-state index contributed by atoms with van der Waals surface area (Å²) < 4.78 is 33.0. The zero-order valence-corrected chi connectivity index (χ0v) is 12.2. The highest BCUT2D eigenvalue weighted by atomic mass is 32.2. The Labute approximate surface area is 114 Å². The van der Waals surface area contributed by atoms with Gasteiger partial charge < -0.3 is 15.4 Å². The minimum atomic E-state index is -3.45. The fourth-order valence-electron chi connectivity index (χ4n) is 1.59. The predicted molar refractivity (Wildman–Crippen MR) is 74.1 cm³/mol. The van der Waals surface area contributed by atoms with Crippen molar-refractivity contribution in [2.45, 2.75) is 19.9 Å². The molecule has 0 amide bonds. The first-order valence-corrected chi connectivity index (χ1v) is 7.78. The van der Waals surface area contributed by atoms with Crippen LogP contribution in [0.15, 0.2) is 4.99 Å². The van der Waals surface area contributed by atoms with Crippen LogP contribution in [0.2, 0.25) is 0 Å². The van der Waals surface area contributed by atoms with E-state index in [4.69, 9.17) is 10.5 Å². The van der Waals surface area contributed by atoms with Gasteiger partial charge in [-0.25, -0.2) is 4.72 Å². The van der Waals surface area contributed by atoms with Gasteiger partial charge in [-0.05, 0) is 13.8 Å². The summed E-state index contributed by atoms with van der Waals surface area (Å²) in [5, 5.41) is 0. The quantitative estimate of drug-likeness (QED) is 0.313. The summed E-state index contributed by atoms with van der Waals surface area (Å²) in [4.78, 5) is 6.06. The SMILES string of the molecule is CC(C)NS(=O)(=O)NCCN=C(N)N1CCOCC1. The van der Waals surface area contributed by atoms with Gasteiger partial charge in [-0.3, -0.25) is 4.99 Å². The molecule has 8 nitrogen and oxygen atoms in total. The number of rotatable bonds is 6. The molecule has 1 rings (SSSR count). The lowest BCUT2D eigenvalue weighted by Crippen LogP contribution is -2.45. The maximum atomic E-state index is 11.5. The maximum absolute atomic E-state index is 11.5. The first kappa shape index (κ1) is 16.2. The Bertz CT molecular complexity index is 390. The van der Waals surface area contributed by atoms with Gasteiger partial charge in [0.25, 0.3) is 10.2 Å². The highest BCUT2D eigenvalue weighted by Crippen LogP contribution is 1.95. The van der Waals surface area contributed by atoms with Crippen molar-refractivity contribution in [1.82, 2.24) is 14.3 Å². The lowest BCUT2D eigenvalue weighted by Gasteiger charge is -2.27. The number of morpholine rings is 1. The monoisotopic (exact) mass is 293 g/mol. The number of nitrogens with zero attached hydrogens (tertiary/aromatic N) is 2. The third kappa shape index (κ3) is 6.71. The molecule has 0 aliphatic carbocycles. The normalized spacial score (nSPS) is 18.1. The topological polar surface area (TPSA) is 109 Å². The van der Waals surface area contributed by atoms with E-state index in [1.165, 1.54) is 0 Å². The molecule has 1 aliphatic heterocycles. The Morgan fingerprint density at radius 2 is 2.05 bits per heavy atom. The third-order valence-corrected chi connectivity index (χ3v) is 3.77. The summed E-state index contributed by atoms with van der Waals surface area (Å²) in [6, 6.07) is -0.139. The van der Waals surface area contributed by atoms with Crippen molar-refractivity contribution in [2.24, 2.45) is 10.7 Å². The molecule has 0 aromatic rings. The van der Waals surface area contributed by atoms with Crippen LogP contribution in [0.3, 0.4) is 0 Å². The van der Waals surface area contributed by atoms with Gasteiger partial charge in [0.2, 0.25) is 0 Å². The molecule has 0 bridgehead atoms. The molecule has 0 radical (unpaired) electrons. The summed E-state index contributed by atoms with van der Waals surface area (Å²) in [6.45, 7) is 6.76. The van der Waals surface area contributed by atoms with Crippen LogP contribution in [0, 0.1) is 0 Å². The molecule has 1 saturated heterocycles. The summed E-state index contributed by atoms with van der Waals surface area (Å²) in [6.07, 6.45) is 0. The lowest BCUT2D eigenvalue weighted by atomic mass is 10.4. The molecule has 1 aliphatic rings. The standard InChI is InChI=1S/C10H23N5O3S/c1-9(2)14-19(16,17)13-4-3-12-10(11)15-5-7-18-8-6-15/h9,13-14H,3-8H2,1-2H3,(H2,11,12). The van der Waals surface area contributed by atoms with Gasteiger partial charge in [0.1, 0.15) is 0 Å². The first-order valence-electron chi connectivity index (χ1n) is 6.30. The number of nitrogens with two attached hydrogens (primary N) is 1.